The summed E-state index contributed by atoms with van der Waals surface area (Å²) in [4.78, 5) is 33.0. The summed E-state index contributed by atoms with van der Waals surface area (Å²) in [6.07, 6.45) is 3.69. The van der Waals surface area contributed by atoms with E-state index in [9.17, 15) is 14.4 Å². The molecular weight excluding hydrogens is 198 g/mol. The lowest BCUT2D eigenvalue weighted by atomic mass is 10.2. The van der Waals surface area contributed by atoms with Gasteiger partial charge in [-0.15, -0.1) is 0 Å². The second kappa shape index (κ2) is 3.34. The fourth-order valence-electron chi connectivity index (χ4n) is 1.47. The van der Waals surface area contributed by atoms with Crippen molar-refractivity contribution in [3.8, 4) is 0 Å². The predicted octanol–water partition coefficient (Wildman–Crippen LogP) is 0.694. The molecule has 1 saturated carbocycles. The summed E-state index contributed by atoms with van der Waals surface area (Å²) < 4.78 is 1.34. The van der Waals surface area contributed by atoms with E-state index in [4.69, 9.17) is 5.11 Å². The molecule has 1 aromatic rings. The van der Waals surface area contributed by atoms with E-state index in [1.54, 1.807) is 0 Å². The van der Waals surface area contributed by atoms with Crippen LogP contribution in [0, 0.1) is 0 Å². The molecule has 1 aliphatic carbocycles. The van der Waals surface area contributed by atoms with Gasteiger partial charge in [-0.05, 0) is 18.9 Å². The fourth-order valence-corrected chi connectivity index (χ4v) is 1.47. The van der Waals surface area contributed by atoms with E-state index < -0.39 is 11.5 Å². The molecule has 5 heteroatoms. The van der Waals surface area contributed by atoms with Crippen LogP contribution in [-0.4, -0.2) is 21.9 Å². The van der Waals surface area contributed by atoms with Gasteiger partial charge >= 0.3 is 5.97 Å². The van der Waals surface area contributed by atoms with Crippen LogP contribution >= 0.6 is 0 Å². The summed E-state index contributed by atoms with van der Waals surface area (Å²) in [5, 5.41) is 8.78. The first-order valence-corrected chi connectivity index (χ1v) is 4.58. The summed E-state index contributed by atoms with van der Waals surface area (Å²) in [5.41, 5.74) is -0.652. The van der Waals surface area contributed by atoms with Crippen LogP contribution in [0.25, 0.3) is 0 Å². The molecule has 0 bridgehead atoms. The van der Waals surface area contributed by atoms with Crippen LogP contribution < -0.4 is 5.56 Å². The quantitative estimate of drug-likeness (QED) is 0.740. The maximum Gasteiger partial charge on any atom is 0.341 e. The Labute approximate surface area is 85.0 Å². The topological polar surface area (TPSA) is 76.4 Å². The van der Waals surface area contributed by atoms with Crippen molar-refractivity contribution in [1.29, 1.82) is 0 Å². The van der Waals surface area contributed by atoms with Gasteiger partial charge in [0.05, 0.1) is 0 Å². The van der Waals surface area contributed by atoms with Crippen molar-refractivity contribution in [3.05, 3.63) is 33.7 Å². The first kappa shape index (κ1) is 9.64. The molecule has 0 spiro atoms. The third kappa shape index (κ3) is 1.68. The number of aromatic nitrogens is 1. The van der Waals surface area contributed by atoms with Gasteiger partial charge in [0.1, 0.15) is 5.56 Å². The normalized spacial score (nSPS) is 14.9. The lowest BCUT2D eigenvalue weighted by Gasteiger charge is -2.05. The van der Waals surface area contributed by atoms with E-state index in [2.05, 4.69) is 0 Å². The number of carboxylic acid groups (broad SMARTS) is 1. The second-order valence-corrected chi connectivity index (χ2v) is 3.55. The fraction of sp³-hybridized carbons (Fsp3) is 0.300. The van der Waals surface area contributed by atoms with E-state index in [-0.39, 0.29) is 17.2 Å². The van der Waals surface area contributed by atoms with Gasteiger partial charge < -0.3 is 9.67 Å². The van der Waals surface area contributed by atoms with Gasteiger partial charge in [-0.25, -0.2) is 4.79 Å². The van der Waals surface area contributed by atoms with Crippen molar-refractivity contribution >= 4 is 12.3 Å². The molecule has 0 radical (unpaired) electrons. The van der Waals surface area contributed by atoms with Crippen molar-refractivity contribution in [3.63, 3.8) is 0 Å². The largest absolute Gasteiger partial charge is 0.477 e. The molecule has 0 aliphatic heterocycles. The summed E-state index contributed by atoms with van der Waals surface area (Å²) >= 11 is 0. The van der Waals surface area contributed by atoms with E-state index >= 15 is 0 Å². The number of carboxylic acids is 1. The average molecular weight is 207 g/mol. The first-order valence-electron chi connectivity index (χ1n) is 4.58. The van der Waals surface area contributed by atoms with Gasteiger partial charge in [-0.1, -0.05) is 0 Å². The zero-order chi connectivity index (χ0) is 11.0. The molecule has 0 amide bonds. The minimum absolute atomic E-state index is 0.0653. The van der Waals surface area contributed by atoms with Crippen molar-refractivity contribution in [2.45, 2.75) is 18.9 Å². The Morgan fingerprint density at radius 2 is 2.20 bits per heavy atom. The molecule has 5 nitrogen and oxygen atoms in total. The summed E-state index contributed by atoms with van der Waals surface area (Å²) in [6.45, 7) is 0. The van der Waals surface area contributed by atoms with Crippen LogP contribution in [0.15, 0.2) is 17.1 Å². The third-order valence-corrected chi connectivity index (χ3v) is 2.37. The molecule has 15 heavy (non-hydrogen) atoms. The van der Waals surface area contributed by atoms with Crippen LogP contribution in [0.2, 0.25) is 0 Å². The lowest BCUT2D eigenvalue weighted by molar-refractivity contribution is 0.0694. The number of aromatic carboxylic acids is 1. The van der Waals surface area contributed by atoms with Gasteiger partial charge in [-0.2, -0.15) is 0 Å². The molecular formula is C10H9NO4. The van der Waals surface area contributed by atoms with Gasteiger partial charge in [0.2, 0.25) is 0 Å². The van der Waals surface area contributed by atoms with Gasteiger partial charge in [0.15, 0.2) is 6.29 Å². The number of carbonyl (C=O) groups is 2. The number of hydrogen-bond acceptors (Lipinski definition) is 3. The second-order valence-electron chi connectivity index (χ2n) is 3.55. The van der Waals surface area contributed by atoms with E-state index in [0.717, 1.165) is 18.9 Å². The molecule has 1 aromatic heterocycles. The zero-order valence-corrected chi connectivity index (χ0v) is 7.84. The first-order chi connectivity index (χ1) is 7.13. The monoisotopic (exact) mass is 207 g/mol. The minimum atomic E-state index is -1.29. The van der Waals surface area contributed by atoms with E-state index in [0.29, 0.717) is 6.29 Å². The Kier molecular flexibility index (Phi) is 2.15. The Morgan fingerprint density at radius 3 is 2.67 bits per heavy atom. The number of pyridine rings is 1. The Hall–Kier alpha value is -1.91. The molecule has 1 N–H and O–H groups in total. The van der Waals surface area contributed by atoms with Crippen LogP contribution in [0.3, 0.4) is 0 Å². The minimum Gasteiger partial charge on any atom is -0.477 e. The van der Waals surface area contributed by atoms with Gasteiger partial charge in [0, 0.05) is 17.8 Å². The van der Waals surface area contributed by atoms with Crippen LogP contribution in [0.5, 0.6) is 0 Å². The highest BCUT2D eigenvalue weighted by Crippen LogP contribution is 2.33. The predicted molar refractivity (Wildman–Crippen MR) is 51.3 cm³/mol. The standard InChI is InChI=1S/C10H9NO4/c12-5-6-3-8(10(14)15)9(13)11(4-6)7-1-2-7/h3-5,7H,1-2H2,(H,14,15). The third-order valence-electron chi connectivity index (χ3n) is 2.37. The summed E-state index contributed by atoms with van der Waals surface area (Å²) in [5.74, 6) is -1.29. The molecule has 0 aromatic carbocycles. The van der Waals surface area contributed by atoms with E-state index in [1.807, 2.05) is 0 Å². The van der Waals surface area contributed by atoms with Crippen LogP contribution in [0.4, 0.5) is 0 Å². The van der Waals surface area contributed by atoms with Crippen LogP contribution in [0.1, 0.15) is 39.6 Å². The number of carbonyl (C=O) groups excluding carboxylic acids is 1. The molecule has 1 heterocycles. The van der Waals surface area contributed by atoms with Crippen molar-refractivity contribution in [2.24, 2.45) is 0 Å². The molecule has 2 rings (SSSR count). The zero-order valence-electron chi connectivity index (χ0n) is 7.84. The molecule has 0 saturated heterocycles. The lowest BCUT2D eigenvalue weighted by Crippen LogP contribution is -2.26. The smallest absolute Gasteiger partial charge is 0.341 e. The highest BCUT2D eigenvalue weighted by atomic mass is 16.4. The Morgan fingerprint density at radius 1 is 1.53 bits per heavy atom. The highest BCUT2D eigenvalue weighted by Gasteiger charge is 2.26. The van der Waals surface area contributed by atoms with Gasteiger partial charge in [0.25, 0.3) is 5.56 Å². The van der Waals surface area contributed by atoms with Gasteiger partial charge in [-0.3, -0.25) is 9.59 Å². The SMILES string of the molecule is O=Cc1cc(C(=O)O)c(=O)n(C2CC2)c1. The van der Waals surface area contributed by atoms with E-state index in [1.165, 1.54) is 10.8 Å². The highest BCUT2D eigenvalue weighted by molar-refractivity contribution is 5.89. The maximum absolute atomic E-state index is 11.6. The summed E-state index contributed by atoms with van der Waals surface area (Å²) in [6, 6.07) is 1.17. The van der Waals surface area contributed by atoms with Crippen molar-refractivity contribution in [1.82, 2.24) is 4.57 Å². The number of nitrogens with zero attached hydrogens (tertiary/aromatic N) is 1. The molecule has 78 valence electrons. The van der Waals surface area contributed by atoms with Crippen molar-refractivity contribution < 1.29 is 14.7 Å². The molecule has 0 unspecified atom stereocenters. The molecule has 1 aliphatic rings. The summed E-state index contributed by atoms with van der Waals surface area (Å²) in [7, 11) is 0. The maximum atomic E-state index is 11.6. The Balaban J connectivity index is 2.64. The number of aldehydes is 1. The van der Waals surface area contributed by atoms with Crippen molar-refractivity contribution in [2.75, 3.05) is 0 Å². The molecule has 1 fully saturated rings. The van der Waals surface area contributed by atoms with Crippen LogP contribution in [-0.2, 0) is 0 Å². The Bertz CT molecular complexity index is 485. The average Bonchev–Trinajstić information content (AvgIpc) is 3.01. The number of hydrogen-bond donors (Lipinski definition) is 1. The number of rotatable bonds is 3. The molecule has 0 atom stereocenters.